The van der Waals surface area contributed by atoms with Crippen molar-refractivity contribution in [2.75, 3.05) is 0 Å². The summed E-state index contributed by atoms with van der Waals surface area (Å²) in [5.41, 5.74) is 2.94. The topological polar surface area (TPSA) is 48.5 Å². The number of aryl methyl sites for hydroxylation is 2. The van der Waals surface area contributed by atoms with E-state index in [0.717, 1.165) is 5.56 Å². The highest BCUT2D eigenvalue weighted by atomic mass is 35.5. The number of fused-ring (bicyclic) bond motifs is 1. The Morgan fingerprint density at radius 1 is 1.21 bits per heavy atom. The Hall–Kier alpha value is -2.80. The Morgan fingerprint density at radius 3 is 2.71 bits per heavy atom. The SMILES string of the molecule is CCn1cc(-c2cc(C(F)F)c3c(C)nn(Cc4cccc(Cl)c4)c3n2)cn1. The van der Waals surface area contributed by atoms with Gasteiger partial charge in [0.2, 0.25) is 0 Å². The molecule has 0 saturated carbocycles. The first kappa shape index (κ1) is 18.6. The summed E-state index contributed by atoms with van der Waals surface area (Å²) in [6.45, 7) is 4.76. The van der Waals surface area contributed by atoms with E-state index >= 15 is 0 Å². The molecule has 28 heavy (non-hydrogen) atoms. The van der Waals surface area contributed by atoms with Crippen LogP contribution in [-0.2, 0) is 13.1 Å². The molecule has 5 nitrogen and oxygen atoms in total. The standard InChI is InChI=1S/C20H18ClF2N5/c1-3-27-11-14(9-24-27)17-8-16(19(22)23)18-12(2)26-28(20(18)25-17)10-13-5-4-6-15(21)7-13/h4-9,11,19H,3,10H2,1-2H3. The van der Waals surface area contributed by atoms with Gasteiger partial charge in [0.25, 0.3) is 6.43 Å². The number of nitrogens with zero attached hydrogens (tertiary/aromatic N) is 5. The molecule has 0 aliphatic carbocycles. The van der Waals surface area contributed by atoms with E-state index in [-0.39, 0.29) is 5.56 Å². The number of hydrogen-bond acceptors (Lipinski definition) is 3. The highest BCUT2D eigenvalue weighted by Gasteiger charge is 2.21. The molecule has 0 aliphatic rings. The molecule has 0 atom stereocenters. The van der Waals surface area contributed by atoms with Crippen LogP contribution in [0.4, 0.5) is 8.78 Å². The summed E-state index contributed by atoms with van der Waals surface area (Å²) in [7, 11) is 0. The third-order valence-electron chi connectivity index (χ3n) is 4.62. The quantitative estimate of drug-likeness (QED) is 0.458. The van der Waals surface area contributed by atoms with Crippen LogP contribution in [0.3, 0.4) is 0 Å². The number of benzene rings is 1. The van der Waals surface area contributed by atoms with Crippen LogP contribution in [0.1, 0.15) is 30.2 Å². The molecule has 4 rings (SSSR count). The van der Waals surface area contributed by atoms with Crippen molar-refractivity contribution in [3.05, 3.63) is 64.6 Å². The van der Waals surface area contributed by atoms with Gasteiger partial charge >= 0.3 is 0 Å². The number of pyridine rings is 1. The molecule has 0 fully saturated rings. The molecule has 0 bridgehead atoms. The number of halogens is 3. The number of rotatable bonds is 5. The van der Waals surface area contributed by atoms with Crippen LogP contribution in [0.25, 0.3) is 22.3 Å². The smallest absolute Gasteiger partial charge is 0.264 e. The molecule has 3 heterocycles. The molecule has 4 aromatic rings. The summed E-state index contributed by atoms with van der Waals surface area (Å²) in [6.07, 6.45) is 0.804. The van der Waals surface area contributed by atoms with Crippen molar-refractivity contribution in [2.45, 2.75) is 33.4 Å². The van der Waals surface area contributed by atoms with Crippen molar-refractivity contribution in [1.82, 2.24) is 24.5 Å². The summed E-state index contributed by atoms with van der Waals surface area (Å²) in [5, 5.41) is 9.70. The van der Waals surface area contributed by atoms with Gasteiger partial charge < -0.3 is 0 Å². The van der Waals surface area contributed by atoms with Gasteiger partial charge in [-0.1, -0.05) is 23.7 Å². The summed E-state index contributed by atoms with van der Waals surface area (Å²) in [5.74, 6) is 0. The zero-order valence-electron chi connectivity index (χ0n) is 15.4. The molecule has 144 valence electrons. The summed E-state index contributed by atoms with van der Waals surface area (Å²) in [4.78, 5) is 4.66. The van der Waals surface area contributed by atoms with Gasteiger partial charge in [0.05, 0.1) is 29.5 Å². The summed E-state index contributed by atoms with van der Waals surface area (Å²) in [6, 6.07) is 8.81. The molecule has 8 heteroatoms. The van der Waals surface area contributed by atoms with Crippen molar-refractivity contribution in [3.8, 4) is 11.3 Å². The lowest BCUT2D eigenvalue weighted by atomic mass is 10.1. The lowest BCUT2D eigenvalue weighted by molar-refractivity contribution is 0.153. The van der Waals surface area contributed by atoms with E-state index in [0.29, 0.717) is 46.1 Å². The molecule has 0 aliphatic heterocycles. The van der Waals surface area contributed by atoms with Gasteiger partial charge in [-0.25, -0.2) is 18.4 Å². The molecule has 1 aromatic carbocycles. The summed E-state index contributed by atoms with van der Waals surface area (Å²) >= 11 is 6.07. The minimum absolute atomic E-state index is 0.0703. The van der Waals surface area contributed by atoms with Crippen LogP contribution < -0.4 is 0 Å². The second-order valence-electron chi connectivity index (χ2n) is 6.55. The third-order valence-corrected chi connectivity index (χ3v) is 4.85. The maximum atomic E-state index is 13.8. The Balaban J connectivity index is 1.89. The van der Waals surface area contributed by atoms with Crippen molar-refractivity contribution < 1.29 is 8.78 Å². The first-order chi connectivity index (χ1) is 13.5. The lowest BCUT2D eigenvalue weighted by Crippen LogP contribution is -2.03. The van der Waals surface area contributed by atoms with Crippen LogP contribution >= 0.6 is 11.6 Å². The highest BCUT2D eigenvalue weighted by molar-refractivity contribution is 6.30. The minimum Gasteiger partial charge on any atom is -0.272 e. The second-order valence-corrected chi connectivity index (χ2v) is 6.99. The molecule has 0 radical (unpaired) electrons. The largest absolute Gasteiger partial charge is 0.272 e. The zero-order valence-corrected chi connectivity index (χ0v) is 16.2. The second kappa shape index (κ2) is 7.31. The lowest BCUT2D eigenvalue weighted by Gasteiger charge is -2.08. The van der Waals surface area contributed by atoms with E-state index in [9.17, 15) is 8.78 Å². The Morgan fingerprint density at radius 2 is 2.04 bits per heavy atom. The fourth-order valence-electron chi connectivity index (χ4n) is 3.29. The van der Waals surface area contributed by atoms with Crippen molar-refractivity contribution in [1.29, 1.82) is 0 Å². The fraction of sp³-hybridized carbons (Fsp3) is 0.250. The van der Waals surface area contributed by atoms with Gasteiger partial charge in [-0.3, -0.25) is 4.68 Å². The van der Waals surface area contributed by atoms with E-state index in [1.165, 1.54) is 6.07 Å². The molecule has 0 saturated heterocycles. The highest BCUT2D eigenvalue weighted by Crippen LogP contribution is 2.33. The van der Waals surface area contributed by atoms with E-state index in [2.05, 4.69) is 15.2 Å². The van der Waals surface area contributed by atoms with Gasteiger partial charge in [0.1, 0.15) is 0 Å². The van der Waals surface area contributed by atoms with Crippen molar-refractivity contribution in [2.24, 2.45) is 0 Å². The van der Waals surface area contributed by atoms with Gasteiger partial charge in [0.15, 0.2) is 5.65 Å². The number of hydrogen-bond donors (Lipinski definition) is 0. The average molecular weight is 402 g/mol. The minimum atomic E-state index is -2.63. The van der Waals surface area contributed by atoms with E-state index in [4.69, 9.17) is 11.6 Å². The van der Waals surface area contributed by atoms with E-state index < -0.39 is 6.43 Å². The van der Waals surface area contributed by atoms with Crippen molar-refractivity contribution in [3.63, 3.8) is 0 Å². The Kier molecular flexibility index (Phi) is 4.85. The van der Waals surface area contributed by atoms with E-state index in [1.54, 1.807) is 34.7 Å². The van der Waals surface area contributed by atoms with Crippen molar-refractivity contribution >= 4 is 22.6 Å². The molecule has 3 aromatic heterocycles. The van der Waals surface area contributed by atoms with Crippen LogP contribution in [0.15, 0.2) is 42.7 Å². The van der Waals surface area contributed by atoms with Gasteiger partial charge in [-0.05, 0) is 37.6 Å². The molecule has 0 unspecified atom stereocenters. The maximum absolute atomic E-state index is 13.8. The monoisotopic (exact) mass is 401 g/mol. The average Bonchev–Trinajstić information content (AvgIpc) is 3.26. The third kappa shape index (κ3) is 3.38. The van der Waals surface area contributed by atoms with E-state index in [1.807, 2.05) is 25.1 Å². The van der Waals surface area contributed by atoms with Gasteiger partial charge in [0, 0.05) is 28.9 Å². The molecule has 0 N–H and O–H groups in total. The normalized spacial score (nSPS) is 11.6. The molecule has 0 spiro atoms. The predicted molar refractivity (Wildman–Crippen MR) is 105 cm³/mol. The van der Waals surface area contributed by atoms with Gasteiger partial charge in [-0.15, -0.1) is 0 Å². The number of aromatic nitrogens is 5. The predicted octanol–water partition coefficient (Wildman–Crippen LogP) is 5.26. The first-order valence-corrected chi connectivity index (χ1v) is 9.27. The van der Waals surface area contributed by atoms with Gasteiger partial charge in [-0.2, -0.15) is 10.2 Å². The molecule has 0 amide bonds. The summed E-state index contributed by atoms with van der Waals surface area (Å²) < 4.78 is 31.0. The van der Waals surface area contributed by atoms with Crippen LogP contribution in [0.5, 0.6) is 0 Å². The van der Waals surface area contributed by atoms with Crippen LogP contribution in [-0.4, -0.2) is 24.5 Å². The van der Waals surface area contributed by atoms with Crippen LogP contribution in [0.2, 0.25) is 5.02 Å². The fourth-order valence-corrected chi connectivity index (χ4v) is 3.51. The van der Waals surface area contributed by atoms with Crippen LogP contribution in [0, 0.1) is 6.92 Å². The first-order valence-electron chi connectivity index (χ1n) is 8.89. The zero-order chi connectivity index (χ0) is 19.8. The Bertz CT molecular complexity index is 1150. The molecular formula is C20H18ClF2N5. The molecular weight excluding hydrogens is 384 g/mol. The maximum Gasteiger partial charge on any atom is 0.264 e. The Labute approximate surface area is 165 Å². The number of alkyl halides is 2.